The van der Waals surface area contributed by atoms with E-state index in [-0.39, 0.29) is 17.2 Å². The van der Waals surface area contributed by atoms with Gasteiger partial charge in [-0.15, -0.1) is 0 Å². The maximum atomic E-state index is 12.7. The monoisotopic (exact) mass is 501 g/mol. The van der Waals surface area contributed by atoms with Crippen molar-refractivity contribution in [1.29, 1.82) is 0 Å². The molecular formula is C21H16IN3O4. The number of nitrogens with zero attached hydrogens (tertiary/aromatic N) is 1. The molecule has 7 nitrogen and oxygen atoms in total. The lowest BCUT2D eigenvalue weighted by Gasteiger charge is -2.12. The summed E-state index contributed by atoms with van der Waals surface area (Å²) >= 11 is 2.09. The largest absolute Gasteiger partial charge is 0.348 e. The van der Waals surface area contributed by atoms with Gasteiger partial charge in [0.2, 0.25) is 0 Å². The Morgan fingerprint density at radius 2 is 1.62 bits per heavy atom. The highest BCUT2D eigenvalue weighted by Crippen LogP contribution is 2.21. The fraction of sp³-hybridized carbons (Fsp3) is 0.0476. The maximum absolute atomic E-state index is 12.7. The first-order valence-corrected chi connectivity index (χ1v) is 9.69. The molecule has 0 aromatic heterocycles. The molecule has 2 N–H and O–H groups in total. The summed E-state index contributed by atoms with van der Waals surface area (Å²) in [5.74, 6) is -0.774. The number of non-ortho nitro benzene ring substituents is 1. The van der Waals surface area contributed by atoms with Gasteiger partial charge in [0.05, 0.1) is 16.2 Å². The summed E-state index contributed by atoms with van der Waals surface area (Å²) in [6.45, 7) is 0.362. The molecule has 0 atom stereocenters. The molecule has 0 saturated heterocycles. The molecule has 0 spiro atoms. The third-order valence-corrected chi connectivity index (χ3v) is 4.78. The molecule has 3 aromatic carbocycles. The van der Waals surface area contributed by atoms with Crippen LogP contribution in [0.25, 0.3) is 0 Å². The molecule has 0 fully saturated rings. The number of amides is 2. The maximum Gasteiger partial charge on any atom is 0.269 e. The summed E-state index contributed by atoms with van der Waals surface area (Å²) in [6, 6.07) is 19.9. The normalized spacial score (nSPS) is 10.2. The molecule has 3 aromatic rings. The standard InChI is InChI=1S/C21H16IN3O4/c22-16-8-11-19(24-20(26)15-6-9-17(10-7-15)25(28)29)18(12-16)21(27)23-13-14-4-2-1-3-5-14/h1-12H,13H2,(H,23,27)(H,24,26). The van der Waals surface area contributed by atoms with Crippen LogP contribution in [-0.4, -0.2) is 16.7 Å². The lowest BCUT2D eigenvalue weighted by Crippen LogP contribution is -2.25. The van der Waals surface area contributed by atoms with Crippen molar-refractivity contribution in [1.82, 2.24) is 5.32 Å². The highest BCUT2D eigenvalue weighted by molar-refractivity contribution is 14.1. The Labute approximate surface area is 180 Å². The molecule has 3 rings (SSSR count). The number of nitro groups is 1. The van der Waals surface area contributed by atoms with Crippen LogP contribution in [-0.2, 0) is 6.54 Å². The van der Waals surface area contributed by atoms with E-state index in [4.69, 9.17) is 0 Å². The van der Waals surface area contributed by atoms with Crippen molar-refractivity contribution in [3.05, 3.63) is 103 Å². The van der Waals surface area contributed by atoms with Crippen molar-refractivity contribution in [3.63, 3.8) is 0 Å². The van der Waals surface area contributed by atoms with Crippen LogP contribution >= 0.6 is 22.6 Å². The number of halogens is 1. The molecular weight excluding hydrogens is 485 g/mol. The molecule has 0 unspecified atom stereocenters. The Morgan fingerprint density at radius 3 is 2.28 bits per heavy atom. The van der Waals surface area contributed by atoms with Crippen LogP contribution < -0.4 is 10.6 Å². The van der Waals surface area contributed by atoms with Gasteiger partial charge in [-0.2, -0.15) is 0 Å². The third kappa shape index (κ3) is 5.38. The van der Waals surface area contributed by atoms with Crippen LogP contribution in [0.4, 0.5) is 11.4 Å². The van der Waals surface area contributed by atoms with Gasteiger partial charge < -0.3 is 10.6 Å². The molecule has 0 radical (unpaired) electrons. The lowest BCUT2D eigenvalue weighted by atomic mass is 10.1. The van der Waals surface area contributed by atoms with Crippen molar-refractivity contribution in [2.75, 3.05) is 5.32 Å². The van der Waals surface area contributed by atoms with Crippen LogP contribution in [0.1, 0.15) is 26.3 Å². The molecule has 2 amide bonds. The molecule has 0 aliphatic carbocycles. The van der Waals surface area contributed by atoms with Gasteiger partial charge in [-0.25, -0.2) is 0 Å². The van der Waals surface area contributed by atoms with Gasteiger partial charge in [0.15, 0.2) is 0 Å². The van der Waals surface area contributed by atoms with Crippen LogP contribution in [0.15, 0.2) is 72.8 Å². The second kappa shape index (κ2) is 9.28. The Hall–Kier alpha value is -3.27. The van der Waals surface area contributed by atoms with E-state index in [2.05, 4.69) is 33.2 Å². The topological polar surface area (TPSA) is 101 Å². The predicted molar refractivity (Wildman–Crippen MR) is 118 cm³/mol. The van der Waals surface area contributed by atoms with Gasteiger partial charge in [0, 0.05) is 27.8 Å². The van der Waals surface area contributed by atoms with Gasteiger partial charge in [-0.05, 0) is 58.5 Å². The van der Waals surface area contributed by atoms with Crippen LogP contribution in [0.3, 0.4) is 0 Å². The number of carbonyl (C=O) groups excluding carboxylic acids is 2. The van der Waals surface area contributed by atoms with E-state index in [0.29, 0.717) is 17.8 Å². The molecule has 8 heteroatoms. The summed E-state index contributed by atoms with van der Waals surface area (Å²) in [5, 5.41) is 16.3. The van der Waals surface area contributed by atoms with E-state index in [1.54, 1.807) is 18.2 Å². The molecule has 0 heterocycles. The Kier molecular flexibility index (Phi) is 6.55. The van der Waals surface area contributed by atoms with Crippen molar-refractivity contribution in [2.24, 2.45) is 0 Å². The third-order valence-electron chi connectivity index (χ3n) is 4.11. The molecule has 146 valence electrons. The second-order valence-electron chi connectivity index (χ2n) is 6.12. The fourth-order valence-corrected chi connectivity index (χ4v) is 3.11. The van der Waals surface area contributed by atoms with Crippen molar-refractivity contribution in [3.8, 4) is 0 Å². The highest BCUT2D eigenvalue weighted by Gasteiger charge is 2.16. The van der Waals surface area contributed by atoms with Crippen molar-refractivity contribution < 1.29 is 14.5 Å². The van der Waals surface area contributed by atoms with Gasteiger partial charge in [0.1, 0.15) is 0 Å². The number of nitro benzene ring substituents is 1. The van der Waals surface area contributed by atoms with Crippen molar-refractivity contribution >= 4 is 45.8 Å². The summed E-state index contributed by atoms with van der Waals surface area (Å²) in [4.78, 5) is 35.4. The summed E-state index contributed by atoms with van der Waals surface area (Å²) in [5.41, 5.74) is 1.81. The number of nitrogens with one attached hydrogen (secondary N) is 2. The van der Waals surface area contributed by atoms with Crippen LogP contribution in [0.2, 0.25) is 0 Å². The van der Waals surface area contributed by atoms with E-state index in [9.17, 15) is 19.7 Å². The van der Waals surface area contributed by atoms with Crippen LogP contribution in [0, 0.1) is 13.7 Å². The highest BCUT2D eigenvalue weighted by atomic mass is 127. The summed E-state index contributed by atoms with van der Waals surface area (Å²) in [7, 11) is 0. The van der Waals surface area contributed by atoms with E-state index in [1.807, 2.05) is 30.3 Å². The first kappa shape index (κ1) is 20.5. The van der Waals surface area contributed by atoms with Gasteiger partial charge in [-0.3, -0.25) is 19.7 Å². The number of hydrogen-bond acceptors (Lipinski definition) is 4. The smallest absolute Gasteiger partial charge is 0.269 e. The summed E-state index contributed by atoms with van der Waals surface area (Å²) < 4.78 is 0.848. The minimum absolute atomic E-state index is 0.100. The molecule has 0 saturated carbocycles. The Balaban J connectivity index is 1.76. The second-order valence-corrected chi connectivity index (χ2v) is 7.36. The van der Waals surface area contributed by atoms with Gasteiger partial charge >= 0.3 is 0 Å². The number of hydrogen-bond donors (Lipinski definition) is 2. The number of carbonyl (C=O) groups is 2. The number of anilines is 1. The molecule has 0 aliphatic heterocycles. The van der Waals surface area contributed by atoms with E-state index in [1.165, 1.54) is 24.3 Å². The van der Waals surface area contributed by atoms with E-state index in [0.717, 1.165) is 9.13 Å². The molecule has 29 heavy (non-hydrogen) atoms. The fourth-order valence-electron chi connectivity index (χ4n) is 2.62. The Morgan fingerprint density at radius 1 is 0.931 bits per heavy atom. The average Bonchev–Trinajstić information content (AvgIpc) is 2.74. The minimum Gasteiger partial charge on any atom is -0.348 e. The average molecular weight is 501 g/mol. The number of rotatable bonds is 6. The van der Waals surface area contributed by atoms with Crippen LogP contribution in [0.5, 0.6) is 0 Å². The van der Waals surface area contributed by atoms with Crippen molar-refractivity contribution in [2.45, 2.75) is 6.54 Å². The van der Waals surface area contributed by atoms with Gasteiger partial charge in [-0.1, -0.05) is 30.3 Å². The zero-order valence-electron chi connectivity index (χ0n) is 15.1. The first-order chi connectivity index (χ1) is 13.9. The lowest BCUT2D eigenvalue weighted by molar-refractivity contribution is -0.384. The van der Waals surface area contributed by atoms with Gasteiger partial charge in [0.25, 0.3) is 17.5 Å². The Bertz CT molecular complexity index is 1050. The molecule has 0 bridgehead atoms. The first-order valence-electron chi connectivity index (χ1n) is 8.61. The molecule has 0 aliphatic rings. The zero-order valence-corrected chi connectivity index (χ0v) is 17.3. The summed E-state index contributed by atoms with van der Waals surface area (Å²) in [6.07, 6.45) is 0. The SMILES string of the molecule is O=C(Nc1ccc(I)cc1C(=O)NCc1ccccc1)c1ccc([N+](=O)[O-])cc1. The predicted octanol–water partition coefficient (Wildman–Crippen LogP) is 4.38. The number of benzene rings is 3. The minimum atomic E-state index is -0.532. The zero-order chi connectivity index (χ0) is 20.8. The quantitative estimate of drug-likeness (QED) is 0.298. The van der Waals surface area contributed by atoms with E-state index < -0.39 is 10.8 Å². The van der Waals surface area contributed by atoms with E-state index >= 15 is 0 Å².